The van der Waals surface area contributed by atoms with Gasteiger partial charge < -0.3 is 20.2 Å². The van der Waals surface area contributed by atoms with Crippen molar-refractivity contribution in [2.24, 2.45) is 0 Å². The smallest absolute Gasteiger partial charge is 0.313 e. The van der Waals surface area contributed by atoms with Crippen molar-refractivity contribution in [1.29, 1.82) is 0 Å². The van der Waals surface area contributed by atoms with Crippen LogP contribution in [0.2, 0.25) is 0 Å². The highest BCUT2D eigenvalue weighted by molar-refractivity contribution is 7.92. The molecule has 0 aliphatic carbocycles. The van der Waals surface area contributed by atoms with Gasteiger partial charge in [-0.2, -0.15) is 0 Å². The van der Waals surface area contributed by atoms with Crippen molar-refractivity contribution in [3.8, 4) is 0 Å². The first-order chi connectivity index (χ1) is 13.8. The number of nitrogens with zero attached hydrogens (tertiary/aromatic N) is 1. The number of nitrogens with one attached hydrogen (secondary N) is 2. The van der Waals surface area contributed by atoms with Crippen LogP contribution in [0.25, 0.3) is 0 Å². The first kappa shape index (κ1) is 20.9. The third-order valence-corrected chi connectivity index (χ3v) is 5.78. The van der Waals surface area contributed by atoms with Crippen LogP contribution in [0.1, 0.15) is 30.3 Å². The number of amides is 2. The molecule has 156 valence electrons. The summed E-state index contributed by atoms with van der Waals surface area (Å²) in [6, 6.07) is 8.21. The SMILES string of the molecule is CS(=O)(=O)N1CCCc2ccc(NC(=O)C(=O)NCCC(O)c3ccco3)cc21. The standard InChI is InChI=1S/C19H23N3O6S/c1-29(26,27)22-10-2-4-13-6-7-14(12-15(13)22)21-19(25)18(24)20-9-8-16(23)17-5-3-11-28-17/h3,5-7,11-12,16,23H,2,4,8-10H2,1H3,(H,20,24)(H,21,25). The number of benzene rings is 1. The number of fused-ring (bicyclic) bond motifs is 1. The number of aliphatic hydroxyl groups excluding tert-OH is 1. The van der Waals surface area contributed by atoms with E-state index in [4.69, 9.17) is 4.42 Å². The Labute approximate surface area is 168 Å². The number of furan rings is 1. The first-order valence-electron chi connectivity index (χ1n) is 9.17. The van der Waals surface area contributed by atoms with Crippen molar-refractivity contribution < 1.29 is 27.5 Å². The Morgan fingerprint density at radius 1 is 1.28 bits per heavy atom. The monoisotopic (exact) mass is 421 g/mol. The third-order valence-electron chi connectivity index (χ3n) is 4.60. The van der Waals surface area contributed by atoms with E-state index in [0.29, 0.717) is 23.7 Å². The summed E-state index contributed by atoms with van der Waals surface area (Å²) < 4.78 is 30.4. The van der Waals surface area contributed by atoms with E-state index < -0.39 is 27.9 Å². The van der Waals surface area contributed by atoms with Crippen LogP contribution in [0.15, 0.2) is 41.0 Å². The number of hydrogen-bond donors (Lipinski definition) is 3. The predicted molar refractivity (Wildman–Crippen MR) is 107 cm³/mol. The molecule has 3 N–H and O–H groups in total. The molecule has 2 amide bonds. The van der Waals surface area contributed by atoms with Crippen LogP contribution in [0, 0.1) is 0 Å². The van der Waals surface area contributed by atoms with Crippen LogP contribution in [0.5, 0.6) is 0 Å². The minimum absolute atomic E-state index is 0.0835. The second-order valence-electron chi connectivity index (χ2n) is 6.81. The van der Waals surface area contributed by atoms with Crippen LogP contribution in [-0.2, 0) is 26.0 Å². The molecule has 1 unspecified atom stereocenters. The number of rotatable bonds is 6. The minimum Gasteiger partial charge on any atom is -0.467 e. The predicted octanol–water partition coefficient (Wildman–Crippen LogP) is 1.17. The van der Waals surface area contributed by atoms with Gasteiger partial charge in [0.2, 0.25) is 10.0 Å². The lowest BCUT2D eigenvalue weighted by atomic mass is 10.0. The molecule has 2 heterocycles. The number of carbonyl (C=O) groups excluding carboxylic acids is 2. The summed E-state index contributed by atoms with van der Waals surface area (Å²) in [5.74, 6) is -1.35. The maximum atomic E-state index is 12.1. The van der Waals surface area contributed by atoms with E-state index in [9.17, 15) is 23.1 Å². The van der Waals surface area contributed by atoms with Crippen LogP contribution < -0.4 is 14.9 Å². The van der Waals surface area contributed by atoms with Gasteiger partial charge >= 0.3 is 11.8 Å². The average Bonchev–Trinajstić information content (AvgIpc) is 3.21. The lowest BCUT2D eigenvalue weighted by Crippen LogP contribution is -2.37. The van der Waals surface area contributed by atoms with Gasteiger partial charge in [0.05, 0.1) is 18.2 Å². The van der Waals surface area contributed by atoms with Crippen molar-refractivity contribution in [3.63, 3.8) is 0 Å². The third kappa shape index (κ3) is 5.15. The largest absolute Gasteiger partial charge is 0.467 e. The molecule has 2 aromatic rings. The second kappa shape index (κ2) is 8.66. The van der Waals surface area contributed by atoms with E-state index in [-0.39, 0.29) is 13.0 Å². The summed E-state index contributed by atoms with van der Waals surface area (Å²) in [6.45, 7) is 0.460. The van der Waals surface area contributed by atoms with Crippen molar-refractivity contribution in [1.82, 2.24) is 5.32 Å². The normalized spacial score (nSPS) is 14.8. The summed E-state index contributed by atoms with van der Waals surface area (Å²) in [4.78, 5) is 24.1. The van der Waals surface area contributed by atoms with Gasteiger partial charge in [-0.05, 0) is 49.1 Å². The molecule has 0 spiro atoms. The van der Waals surface area contributed by atoms with E-state index in [1.807, 2.05) is 0 Å². The average molecular weight is 421 g/mol. The number of sulfonamides is 1. The van der Waals surface area contributed by atoms with Gasteiger partial charge in [0.15, 0.2) is 0 Å². The van der Waals surface area contributed by atoms with Gasteiger partial charge in [-0.25, -0.2) is 8.42 Å². The molecule has 9 nitrogen and oxygen atoms in total. The molecule has 1 aliphatic rings. The Bertz CT molecular complexity index is 987. The summed E-state index contributed by atoms with van der Waals surface area (Å²) in [7, 11) is -3.43. The molecule has 0 saturated carbocycles. The number of carbonyl (C=O) groups is 2. The summed E-state index contributed by atoms with van der Waals surface area (Å²) in [6.07, 6.45) is 3.35. The fourth-order valence-corrected chi connectivity index (χ4v) is 4.16. The minimum atomic E-state index is -3.43. The molecule has 29 heavy (non-hydrogen) atoms. The number of aryl methyl sites for hydroxylation is 1. The van der Waals surface area contributed by atoms with Gasteiger partial charge in [0.25, 0.3) is 0 Å². The van der Waals surface area contributed by atoms with E-state index in [2.05, 4.69) is 10.6 Å². The molecule has 1 atom stereocenters. The highest BCUT2D eigenvalue weighted by Crippen LogP contribution is 2.31. The van der Waals surface area contributed by atoms with Gasteiger partial charge in [-0.1, -0.05) is 6.07 Å². The van der Waals surface area contributed by atoms with Crippen LogP contribution in [0.3, 0.4) is 0 Å². The molecule has 3 rings (SSSR count). The van der Waals surface area contributed by atoms with E-state index in [1.165, 1.54) is 10.6 Å². The molecule has 0 radical (unpaired) electrons. The van der Waals surface area contributed by atoms with E-state index in [1.54, 1.807) is 30.3 Å². The lowest BCUT2D eigenvalue weighted by Gasteiger charge is -2.29. The Morgan fingerprint density at radius 3 is 2.76 bits per heavy atom. The zero-order chi connectivity index (χ0) is 21.0. The Morgan fingerprint density at radius 2 is 2.07 bits per heavy atom. The van der Waals surface area contributed by atoms with E-state index in [0.717, 1.165) is 24.7 Å². The maximum Gasteiger partial charge on any atom is 0.313 e. The van der Waals surface area contributed by atoms with Crippen molar-refractivity contribution in [2.75, 3.05) is 29.0 Å². The fraction of sp³-hybridized carbons (Fsp3) is 0.368. The molecule has 1 aromatic carbocycles. The fourth-order valence-electron chi connectivity index (χ4n) is 3.18. The molecule has 0 fully saturated rings. The van der Waals surface area contributed by atoms with Gasteiger partial charge in [-0.3, -0.25) is 13.9 Å². The van der Waals surface area contributed by atoms with Gasteiger partial charge in [0.1, 0.15) is 11.9 Å². The summed E-state index contributed by atoms with van der Waals surface area (Å²) in [5.41, 5.74) is 1.71. The highest BCUT2D eigenvalue weighted by atomic mass is 32.2. The molecule has 1 aromatic heterocycles. The van der Waals surface area contributed by atoms with Crippen molar-refractivity contribution in [2.45, 2.75) is 25.4 Å². The lowest BCUT2D eigenvalue weighted by molar-refractivity contribution is -0.136. The second-order valence-corrected chi connectivity index (χ2v) is 8.72. The van der Waals surface area contributed by atoms with Crippen molar-refractivity contribution >= 4 is 33.2 Å². The van der Waals surface area contributed by atoms with Crippen LogP contribution in [0.4, 0.5) is 11.4 Å². The zero-order valence-corrected chi connectivity index (χ0v) is 16.7. The summed E-state index contributed by atoms with van der Waals surface area (Å²) in [5, 5.41) is 14.8. The number of aliphatic hydroxyl groups is 1. The van der Waals surface area contributed by atoms with Crippen LogP contribution >= 0.6 is 0 Å². The molecular formula is C19H23N3O6S. The van der Waals surface area contributed by atoms with Crippen molar-refractivity contribution in [3.05, 3.63) is 47.9 Å². The van der Waals surface area contributed by atoms with Gasteiger partial charge in [-0.15, -0.1) is 0 Å². The topological polar surface area (TPSA) is 129 Å². The number of hydrogen-bond acceptors (Lipinski definition) is 6. The number of anilines is 2. The highest BCUT2D eigenvalue weighted by Gasteiger charge is 2.25. The van der Waals surface area contributed by atoms with Crippen LogP contribution in [-0.4, -0.2) is 44.7 Å². The molecular weight excluding hydrogens is 398 g/mol. The molecule has 1 aliphatic heterocycles. The molecule has 0 bridgehead atoms. The maximum absolute atomic E-state index is 12.1. The zero-order valence-electron chi connectivity index (χ0n) is 15.9. The Kier molecular flexibility index (Phi) is 6.23. The summed E-state index contributed by atoms with van der Waals surface area (Å²) >= 11 is 0. The quantitative estimate of drug-likeness (QED) is 0.601. The molecule has 10 heteroatoms. The van der Waals surface area contributed by atoms with Gasteiger partial charge in [0, 0.05) is 18.8 Å². The Balaban J connectivity index is 1.58. The first-order valence-corrected chi connectivity index (χ1v) is 11.0. The van der Waals surface area contributed by atoms with E-state index >= 15 is 0 Å². The molecule has 0 saturated heterocycles. The Hall–Kier alpha value is -2.85.